The molecule has 0 aromatic heterocycles. The molecule has 3 nitrogen and oxygen atoms in total. The highest BCUT2D eigenvalue weighted by Gasteiger charge is 2.46. The van der Waals surface area contributed by atoms with E-state index >= 15 is 0 Å². The zero-order valence-electron chi connectivity index (χ0n) is 12.5. The van der Waals surface area contributed by atoms with Gasteiger partial charge in [-0.2, -0.15) is 11.8 Å². The Morgan fingerprint density at radius 1 is 1.38 bits per heavy atom. The van der Waals surface area contributed by atoms with Crippen molar-refractivity contribution in [3.63, 3.8) is 0 Å². The number of benzene rings is 1. The Balaban J connectivity index is 2.34. The lowest BCUT2D eigenvalue weighted by Crippen LogP contribution is -2.43. The summed E-state index contributed by atoms with van der Waals surface area (Å²) in [6, 6.07) is 3.79. The minimum absolute atomic E-state index is 0.00813. The fraction of sp³-hybridized carbons (Fsp3) is 0.533. The normalized spacial score (nSPS) is 25.7. The molecule has 0 saturated carbocycles. The molecule has 6 heteroatoms. The van der Waals surface area contributed by atoms with Crippen molar-refractivity contribution in [1.29, 1.82) is 0 Å². The van der Waals surface area contributed by atoms with Crippen LogP contribution in [0, 0.1) is 11.6 Å². The predicted octanol–water partition coefficient (Wildman–Crippen LogP) is 2.93. The maximum absolute atomic E-state index is 13.5. The van der Waals surface area contributed by atoms with Crippen molar-refractivity contribution in [1.82, 2.24) is 10.2 Å². The molecule has 0 radical (unpaired) electrons. The van der Waals surface area contributed by atoms with Crippen molar-refractivity contribution in [2.24, 2.45) is 0 Å². The molecule has 116 valence electrons. The molecule has 21 heavy (non-hydrogen) atoms. The van der Waals surface area contributed by atoms with Crippen LogP contribution in [-0.4, -0.2) is 34.9 Å². The van der Waals surface area contributed by atoms with Gasteiger partial charge in [0.2, 0.25) is 5.91 Å². The van der Waals surface area contributed by atoms with Gasteiger partial charge in [-0.1, -0.05) is 13.0 Å². The highest BCUT2D eigenvalue weighted by atomic mass is 32.2. The Hall–Kier alpha value is -1.14. The molecular weight excluding hydrogens is 294 g/mol. The van der Waals surface area contributed by atoms with Crippen molar-refractivity contribution in [3.05, 3.63) is 35.4 Å². The van der Waals surface area contributed by atoms with Crippen molar-refractivity contribution >= 4 is 17.7 Å². The Morgan fingerprint density at radius 2 is 2.10 bits per heavy atom. The number of carbonyl (C=O) groups excluding carboxylic acids is 1. The van der Waals surface area contributed by atoms with E-state index in [0.717, 1.165) is 17.9 Å². The molecule has 2 unspecified atom stereocenters. The first-order valence-electron chi connectivity index (χ1n) is 6.95. The maximum atomic E-state index is 13.5. The topological polar surface area (TPSA) is 32.3 Å². The summed E-state index contributed by atoms with van der Waals surface area (Å²) in [5.74, 6) is -0.963. The van der Waals surface area contributed by atoms with Gasteiger partial charge in [-0.25, -0.2) is 8.78 Å². The zero-order chi connectivity index (χ0) is 15.6. The highest BCUT2D eigenvalue weighted by Crippen LogP contribution is 2.33. The fourth-order valence-electron chi connectivity index (χ4n) is 2.49. The Labute approximate surface area is 128 Å². The molecule has 1 saturated heterocycles. The molecule has 1 N–H and O–H groups in total. The van der Waals surface area contributed by atoms with Gasteiger partial charge >= 0.3 is 0 Å². The molecular formula is C15H20F2N2OS. The first kappa shape index (κ1) is 16.2. The fourth-order valence-corrected chi connectivity index (χ4v) is 2.87. The SMILES string of the molecule is CCC1(C)NC(c2ccc(F)c(F)c2)N(CCSC)C1=O. The average molecular weight is 314 g/mol. The van der Waals surface area contributed by atoms with Crippen LogP contribution >= 0.6 is 11.8 Å². The number of carbonyl (C=O) groups is 1. The van der Waals surface area contributed by atoms with Gasteiger partial charge in [-0.05, 0) is 37.3 Å². The minimum Gasteiger partial charge on any atom is -0.320 e. The second-order valence-electron chi connectivity index (χ2n) is 5.40. The molecule has 1 heterocycles. The number of halogens is 2. The van der Waals surface area contributed by atoms with Crippen molar-refractivity contribution in [2.45, 2.75) is 32.0 Å². The van der Waals surface area contributed by atoms with Crippen LogP contribution in [0.4, 0.5) is 8.78 Å². The first-order valence-corrected chi connectivity index (χ1v) is 8.35. The quantitative estimate of drug-likeness (QED) is 0.907. The van der Waals surface area contributed by atoms with E-state index in [1.165, 1.54) is 6.07 Å². The Bertz CT molecular complexity index is 540. The van der Waals surface area contributed by atoms with Crippen LogP contribution in [0.1, 0.15) is 32.0 Å². The monoisotopic (exact) mass is 314 g/mol. The van der Waals surface area contributed by atoms with E-state index in [1.54, 1.807) is 16.7 Å². The van der Waals surface area contributed by atoms with E-state index in [4.69, 9.17) is 0 Å². The van der Waals surface area contributed by atoms with E-state index in [-0.39, 0.29) is 5.91 Å². The average Bonchev–Trinajstić information content (AvgIpc) is 2.73. The third-order valence-corrected chi connectivity index (χ3v) is 4.59. The molecule has 1 aromatic carbocycles. The summed E-state index contributed by atoms with van der Waals surface area (Å²) >= 11 is 1.65. The van der Waals surface area contributed by atoms with Crippen LogP contribution in [0.25, 0.3) is 0 Å². The first-order chi connectivity index (χ1) is 9.92. The van der Waals surface area contributed by atoms with Crippen LogP contribution in [0.3, 0.4) is 0 Å². The summed E-state index contributed by atoms with van der Waals surface area (Å²) in [6.07, 6.45) is 2.20. The lowest BCUT2D eigenvalue weighted by Gasteiger charge is -2.24. The molecule has 2 rings (SSSR count). The number of rotatable bonds is 5. The van der Waals surface area contributed by atoms with E-state index in [0.29, 0.717) is 18.5 Å². The van der Waals surface area contributed by atoms with Gasteiger partial charge in [-0.15, -0.1) is 0 Å². The summed E-state index contributed by atoms with van der Waals surface area (Å²) in [7, 11) is 0. The summed E-state index contributed by atoms with van der Waals surface area (Å²) in [4.78, 5) is 14.3. The van der Waals surface area contributed by atoms with E-state index < -0.39 is 23.3 Å². The number of hydrogen-bond donors (Lipinski definition) is 1. The van der Waals surface area contributed by atoms with Crippen LogP contribution in [-0.2, 0) is 4.79 Å². The Kier molecular flexibility index (Phi) is 4.88. The smallest absolute Gasteiger partial charge is 0.244 e. The summed E-state index contributed by atoms with van der Waals surface area (Å²) in [6.45, 7) is 4.36. The molecule has 1 amide bonds. The third kappa shape index (κ3) is 3.06. The maximum Gasteiger partial charge on any atom is 0.244 e. The second kappa shape index (κ2) is 6.32. The third-order valence-electron chi connectivity index (χ3n) is 4.00. The zero-order valence-corrected chi connectivity index (χ0v) is 13.3. The number of amides is 1. The van der Waals surface area contributed by atoms with Gasteiger partial charge in [0.25, 0.3) is 0 Å². The van der Waals surface area contributed by atoms with Crippen LogP contribution in [0.5, 0.6) is 0 Å². The van der Waals surface area contributed by atoms with Crippen molar-refractivity contribution < 1.29 is 13.6 Å². The lowest BCUT2D eigenvalue weighted by atomic mass is 9.99. The van der Waals surface area contributed by atoms with E-state index in [9.17, 15) is 13.6 Å². The van der Waals surface area contributed by atoms with E-state index in [1.807, 2.05) is 20.1 Å². The molecule has 0 bridgehead atoms. The molecule has 2 atom stereocenters. The standard InChI is InChI=1S/C15H20F2N2OS/c1-4-15(2)14(20)19(7-8-21-3)13(18-15)10-5-6-11(16)12(17)9-10/h5-6,9,13,18H,4,7-8H2,1-3H3. The van der Waals surface area contributed by atoms with Crippen molar-refractivity contribution in [3.8, 4) is 0 Å². The predicted molar refractivity (Wildman–Crippen MR) is 81.0 cm³/mol. The number of thioether (sulfide) groups is 1. The van der Waals surface area contributed by atoms with Crippen LogP contribution < -0.4 is 5.32 Å². The summed E-state index contributed by atoms with van der Waals surface area (Å²) in [5, 5.41) is 3.27. The van der Waals surface area contributed by atoms with Gasteiger partial charge in [0.05, 0.1) is 5.54 Å². The molecule has 1 fully saturated rings. The number of hydrogen-bond acceptors (Lipinski definition) is 3. The minimum atomic E-state index is -0.892. The lowest BCUT2D eigenvalue weighted by molar-refractivity contribution is -0.132. The van der Waals surface area contributed by atoms with Gasteiger partial charge < -0.3 is 4.90 Å². The van der Waals surface area contributed by atoms with E-state index in [2.05, 4.69) is 5.32 Å². The van der Waals surface area contributed by atoms with Crippen molar-refractivity contribution in [2.75, 3.05) is 18.6 Å². The highest BCUT2D eigenvalue weighted by molar-refractivity contribution is 7.98. The van der Waals surface area contributed by atoms with Crippen LogP contribution in [0.15, 0.2) is 18.2 Å². The number of nitrogens with zero attached hydrogens (tertiary/aromatic N) is 1. The molecule has 1 aromatic rings. The molecule has 1 aliphatic heterocycles. The van der Waals surface area contributed by atoms with Gasteiger partial charge in [0, 0.05) is 12.3 Å². The Morgan fingerprint density at radius 3 is 2.67 bits per heavy atom. The summed E-state index contributed by atoms with van der Waals surface area (Å²) < 4.78 is 26.6. The second-order valence-corrected chi connectivity index (χ2v) is 6.38. The number of nitrogens with one attached hydrogen (secondary N) is 1. The van der Waals surface area contributed by atoms with Crippen LogP contribution in [0.2, 0.25) is 0 Å². The van der Waals surface area contributed by atoms with Gasteiger partial charge in [0.15, 0.2) is 11.6 Å². The largest absolute Gasteiger partial charge is 0.320 e. The van der Waals surface area contributed by atoms with Gasteiger partial charge in [-0.3, -0.25) is 10.1 Å². The molecule has 0 aliphatic carbocycles. The molecule has 0 spiro atoms. The summed E-state index contributed by atoms with van der Waals surface area (Å²) in [5.41, 5.74) is -0.0889. The van der Waals surface area contributed by atoms with Gasteiger partial charge in [0.1, 0.15) is 6.17 Å². The molecule has 1 aliphatic rings.